The Balaban J connectivity index is 1.83. The van der Waals surface area contributed by atoms with Gasteiger partial charge in [-0.05, 0) is 24.0 Å². The van der Waals surface area contributed by atoms with Crippen molar-refractivity contribution < 1.29 is 0 Å². The van der Waals surface area contributed by atoms with E-state index in [2.05, 4.69) is 58.7 Å². The van der Waals surface area contributed by atoms with Crippen LogP contribution in [0, 0.1) is 5.92 Å². The molecule has 1 heterocycles. The van der Waals surface area contributed by atoms with E-state index in [0.717, 1.165) is 30.5 Å². The molecule has 0 radical (unpaired) electrons. The average molecular weight is 312 g/mol. The van der Waals surface area contributed by atoms with Gasteiger partial charge in [-0.15, -0.1) is 0 Å². The van der Waals surface area contributed by atoms with Crippen molar-refractivity contribution in [3.05, 3.63) is 42.1 Å². The van der Waals surface area contributed by atoms with E-state index in [9.17, 15) is 0 Å². The van der Waals surface area contributed by atoms with E-state index < -0.39 is 0 Å². The van der Waals surface area contributed by atoms with Gasteiger partial charge >= 0.3 is 0 Å². The smallest absolute Gasteiger partial charge is 0.191 e. The van der Waals surface area contributed by atoms with Crippen LogP contribution >= 0.6 is 0 Å². The minimum absolute atomic E-state index is 0.722. The predicted molar refractivity (Wildman–Crippen MR) is 98.6 cm³/mol. The number of rotatable bonds is 7. The predicted octanol–water partition coefficient (Wildman–Crippen LogP) is 3.73. The third kappa shape index (κ3) is 5.55. The molecule has 124 valence electrons. The van der Waals surface area contributed by atoms with Crippen molar-refractivity contribution in [3.8, 4) is 0 Å². The maximum atomic E-state index is 4.49. The maximum absolute atomic E-state index is 4.49. The number of fused-ring (bicyclic) bond motifs is 1. The summed E-state index contributed by atoms with van der Waals surface area (Å²) in [6, 6.07) is 10.3. The van der Waals surface area contributed by atoms with E-state index in [1.54, 1.807) is 0 Å². The molecule has 0 amide bonds. The van der Waals surface area contributed by atoms with Crippen LogP contribution in [0.25, 0.3) is 10.9 Å². The van der Waals surface area contributed by atoms with Gasteiger partial charge in [-0.2, -0.15) is 0 Å². The largest absolute Gasteiger partial charge is 0.356 e. The number of para-hydroxylation sites is 1. The number of nitrogens with one attached hydrogen (secondary N) is 2. The lowest BCUT2D eigenvalue weighted by Crippen LogP contribution is -2.37. The second-order valence-corrected chi connectivity index (χ2v) is 6.23. The number of benzene rings is 1. The molecule has 0 fully saturated rings. The standard InChI is InChI=1S/C19H28N4/c1-15(2)8-4-5-12-22-19(20-3)23-14-17-10-6-9-16-11-7-13-21-18(16)17/h6-7,9-11,13,15H,4-5,8,12,14H2,1-3H3,(H2,20,22,23). The van der Waals surface area contributed by atoms with Gasteiger partial charge < -0.3 is 10.6 Å². The summed E-state index contributed by atoms with van der Waals surface area (Å²) < 4.78 is 0. The lowest BCUT2D eigenvalue weighted by Gasteiger charge is -2.13. The van der Waals surface area contributed by atoms with Crippen LogP contribution < -0.4 is 10.6 Å². The number of aromatic nitrogens is 1. The van der Waals surface area contributed by atoms with E-state index in [1.165, 1.54) is 30.2 Å². The summed E-state index contributed by atoms with van der Waals surface area (Å²) in [6.07, 6.45) is 5.56. The van der Waals surface area contributed by atoms with Gasteiger partial charge in [0, 0.05) is 31.7 Å². The molecular weight excluding hydrogens is 284 g/mol. The van der Waals surface area contributed by atoms with Gasteiger partial charge in [0.25, 0.3) is 0 Å². The zero-order chi connectivity index (χ0) is 16.5. The van der Waals surface area contributed by atoms with Crippen molar-refractivity contribution in [3.63, 3.8) is 0 Å². The summed E-state index contributed by atoms with van der Waals surface area (Å²) in [4.78, 5) is 8.78. The highest BCUT2D eigenvalue weighted by Crippen LogP contribution is 2.15. The summed E-state index contributed by atoms with van der Waals surface area (Å²) in [5.74, 6) is 1.63. The third-order valence-electron chi connectivity index (χ3n) is 3.89. The first-order valence-corrected chi connectivity index (χ1v) is 8.48. The molecule has 0 atom stereocenters. The first kappa shape index (κ1) is 17.3. The summed E-state index contributed by atoms with van der Waals surface area (Å²) >= 11 is 0. The molecule has 0 aliphatic heterocycles. The molecule has 0 bridgehead atoms. The van der Waals surface area contributed by atoms with Gasteiger partial charge in [-0.25, -0.2) is 0 Å². The molecule has 0 spiro atoms. The van der Waals surface area contributed by atoms with Crippen LogP contribution in [0.5, 0.6) is 0 Å². The first-order chi connectivity index (χ1) is 11.2. The molecule has 1 aromatic heterocycles. The van der Waals surface area contributed by atoms with Crippen LogP contribution in [0.4, 0.5) is 0 Å². The lowest BCUT2D eigenvalue weighted by molar-refractivity contribution is 0.534. The second-order valence-electron chi connectivity index (χ2n) is 6.23. The molecule has 2 rings (SSSR count). The molecule has 0 unspecified atom stereocenters. The monoisotopic (exact) mass is 312 g/mol. The zero-order valence-electron chi connectivity index (χ0n) is 14.5. The van der Waals surface area contributed by atoms with E-state index in [4.69, 9.17) is 0 Å². The molecule has 1 aromatic carbocycles. The van der Waals surface area contributed by atoms with Gasteiger partial charge in [0.2, 0.25) is 0 Å². The van der Waals surface area contributed by atoms with Crippen LogP contribution in [-0.4, -0.2) is 24.5 Å². The van der Waals surface area contributed by atoms with E-state index in [1.807, 2.05) is 19.3 Å². The van der Waals surface area contributed by atoms with Gasteiger partial charge in [0.05, 0.1) is 5.52 Å². The Morgan fingerprint density at radius 3 is 2.74 bits per heavy atom. The highest BCUT2D eigenvalue weighted by atomic mass is 15.2. The number of hydrogen-bond acceptors (Lipinski definition) is 2. The van der Waals surface area contributed by atoms with Crippen LogP contribution in [-0.2, 0) is 6.54 Å². The first-order valence-electron chi connectivity index (χ1n) is 8.48. The number of nitrogens with zero attached hydrogens (tertiary/aromatic N) is 2. The minimum Gasteiger partial charge on any atom is -0.356 e. The number of unbranched alkanes of at least 4 members (excludes halogenated alkanes) is 1. The minimum atomic E-state index is 0.722. The van der Waals surface area contributed by atoms with Gasteiger partial charge in [0.15, 0.2) is 5.96 Å². The van der Waals surface area contributed by atoms with Crippen molar-refractivity contribution in [1.29, 1.82) is 0 Å². The quantitative estimate of drug-likeness (QED) is 0.465. The molecule has 0 saturated carbocycles. The van der Waals surface area contributed by atoms with Gasteiger partial charge in [0.1, 0.15) is 0 Å². The SMILES string of the molecule is CN=C(NCCCCC(C)C)NCc1cccc2cccnc12. The van der Waals surface area contributed by atoms with Crippen molar-refractivity contribution >= 4 is 16.9 Å². The van der Waals surface area contributed by atoms with Crippen molar-refractivity contribution in [2.24, 2.45) is 10.9 Å². The fourth-order valence-corrected chi connectivity index (χ4v) is 2.59. The molecule has 0 aliphatic rings. The molecular formula is C19H28N4. The molecule has 2 N–H and O–H groups in total. The average Bonchev–Trinajstić information content (AvgIpc) is 2.57. The van der Waals surface area contributed by atoms with Gasteiger partial charge in [-0.3, -0.25) is 9.98 Å². The normalized spacial score (nSPS) is 11.9. The summed E-state index contributed by atoms with van der Waals surface area (Å²) in [6.45, 7) is 6.22. The Hall–Kier alpha value is -2.10. The fourth-order valence-electron chi connectivity index (χ4n) is 2.59. The maximum Gasteiger partial charge on any atom is 0.191 e. The zero-order valence-corrected chi connectivity index (χ0v) is 14.5. The number of aliphatic imine (C=N–C) groups is 1. The molecule has 4 nitrogen and oxygen atoms in total. The molecule has 0 aliphatic carbocycles. The Morgan fingerprint density at radius 1 is 1.13 bits per heavy atom. The lowest BCUT2D eigenvalue weighted by atomic mass is 10.1. The number of pyridine rings is 1. The van der Waals surface area contributed by atoms with Gasteiger partial charge in [-0.1, -0.05) is 51.0 Å². The summed E-state index contributed by atoms with van der Waals surface area (Å²) in [7, 11) is 1.81. The van der Waals surface area contributed by atoms with Crippen LogP contribution in [0.2, 0.25) is 0 Å². The van der Waals surface area contributed by atoms with Crippen molar-refractivity contribution in [2.45, 2.75) is 39.7 Å². The van der Waals surface area contributed by atoms with E-state index in [-0.39, 0.29) is 0 Å². The molecule has 23 heavy (non-hydrogen) atoms. The summed E-state index contributed by atoms with van der Waals surface area (Å²) in [5, 5.41) is 7.93. The third-order valence-corrected chi connectivity index (χ3v) is 3.89. The van der Waals surface area contributed by atoms with Crippen LogP contribution in [0.15, 0.2) is 41.5 Å². The van der Waals surface area contributed by atoms with Crippen LogP contribution in [0.3, 0.4) is 0 Å². The molecule has 2 aromatic rings. The number of hydrogen-bond donors (Lipinski definition) is 2. The Kier molecular flexibility index (Phi) is 6.85. The van der Waals surface area contributed by atoms with Crippen molar-refractivity contribution in [1.82, 2.24) is 15.6 Å². The van der Waals surface area contributed by atoms with E-state index in [0.29, 0.717) is 0 Å². The summed E-state index contributed by atoms with van der Waals surface area (Å²) in [5.41, 5.74) is 2.24. The van der Waals surface area contributed by atoms with Crippen molar-refractivity contribution in [2.75, 3.05) is 13.6 Å². The Labute approximate surface area is 139 Å². The number of guanidine groups is 1. The van der Waals surface area contributed by atoms with E-state index >= 15 is 0 Å². The topological polar surface area (TPSA) is 49.3 Å². The molecule has 4 heteroatoms. The Morgan fingerprint density at radius 2 is 1.96 bits per heavy atom. The second kappa shape index (κ2) is 9.13. The highest BCUT2D eigenvalue weighted by molar-refractivity contribution is 5.83. The fraction of sp³-hybridized carbons (Fsp3) is 0.474. The highest BCUT2D eigenvalue weighted by Gasteiger charge is 2.03. The Bertz CT molecular complexity index is 629. The van der Waals surface area contributed by atoms with Crippen LogP contribution in [0.1, 0.15) is 38.7 Å². The molecule has 0 saturated heterocycles.